The number of nitrogens with one attached hydrogen (secondary N) is 1. The predicted octanol–water partition coefficient (Wildman–Crippen LogP) is 2.50. The first-order valence-corrected chi connectivity index (χ1v) is 11.1. The molecule has 0 radical (unpaired) electrons. The molecule has 0 aliphatic carbocycles. The highest BCUT2D eigenvalue weighted by Gasteiger charge is 2.40. The molecule has 9 nitrogen and oxygen atoms in total. The third-order valence-electron chi connectivity index (χ3n) is 6.69. The fraction of sp³-hybridized carbons (Fsp3) is 0.320. The van der Waals surface area contributed by atoms with E-state index in [1.165, 1.54) is 0 Å². The van der Waals surface area contributed by atoms with E-state index in [4.69, 9.17) is 4.74 Å². The van der Waals surface area contributed by atoms with E-state index < -0.39 is 17.5 Å². The molecule has 1 atom stereocenters. The van der Waals surface area contributed by atoms with Gasteiger partial charge in [-0.3, -0.25) is 19.7 Å². The first kappa shape index (κ1) is 21.8. The Labute approximate surface area is 196 Å². The van der Waals surface area contributed by atoms with Crippen LogP contribution in [-0.2, 0) is 21.7 Å². The third-order valence-corrected chi connectivity index (χ3v) is 6.69. The minimum absolute atomic E-state index is 0.215. The van der Waals surface area contributed by atoms with Crippen molar-refractivity contribution in [2.75, 3.05) is 7.11 Å². The van der Waals surface area contributed by atoms with Crippen molar-refractivity contribution in [1.82, 2.24) is 25.2 Å². The van der Waals surface area contributed by atoms with Crippen LogP contribution in [0.1, 0.15) is 48.2 Å². The Balaban J connectivity index is 1.48. The van der Waals surface area contributed by atoms with Gasteiger partial charge in [0, 0.05) is 29.7 Å². The Morgan fingerprint density at radius 1 is 1.06 bits per heavy atom. The lowest BCUT2D eigenvalue weighted by Gasteiger charge is -2.29. The van der Waals surface area contributed by atoms with Gasteiger partial charge in [0.05, 0.1) is 18.8 Å². The van der Waals surface area contributed by atoms with E-state index in [1.54, 1.807) is 22.8 Å². The van der Waals surface area contributed by atoms with Gasteiger partial charge in [0.1, 0.15) is 17.5 Å². The molecule has 0 spiro atoms. The van der Waals surface area contributed by atoms with Gasteiger partial charge in [-0.1, -0.05) is 35.5 Å². The molecular formula is C25H25N5O4. The van der Waals surface area contributed by atoms with Crippen molar-refractivity contribution >= 4 is 17.7 Å². The number of hydrogen-bond acceptors (Lipinski definition) is 6. The molecule has 2 aliphatic rings. The van der Waals surface area contributed by atoms with Crippen LogP contribution in [0.3, 0.4) is 0 Å². The molecule has 1 saturated heterocycles. The maximum Gasteiger partial charge on any atom is 0.255 e. The van der Waals surface area contributed by atoms with Gasteiger partial charge in [-0.25, -0.2) is 4.68 Å². The zero-order valence-electron chi connectivity index (χ0n) is 19.2. The second-order valence-electron chi connectivity index (χ2n) is 9.04. The first-order valence-electron chi connectivity index (χ1n) is 11.1. The summed E-state index contributed by atoms with van der Waals surface area (Å²) in [4.78, 5) is 38.6. The number of benzene rings is 2. The number of ether oxygens (including phenoxy) is 1. The van der Waals surface area contributed by atoms with Crippen LogP contribution in [0.25, 0.3) is 11.3 Å². The van der Waals surface area contributed by atoms with E-state index in [0.717, 1.165) is 22.4 Å². The van der Waals surface area contributed by atoms with Crippen LogP contribution < -0.4 is 10.1 Å². The van der Waals surface area contributed by atoms with Crippen molar-refractivity contribution in [3.8, 4) is 17.0 Å². The SMILES string of the molecule is COc1ccccc1C(C)(C)n1cc(-c2cccc3c2CN(C2CCC(=O)NC2=O)C3=O)nn1. The van der Waals surface area contributed by atoms with Crippen molar-refractivity contribution < 1.29 is 19.1 Å². The van der Waals surface area contributed by atoms with Crippen molar-refractivity contribution in [3.63, 3.8) is 0 Å². The summed E-state index contributed by atoms with van der Waals surface area (Å²) in [7, 11) is 1.64. The molecule has 34 heavy (non-hydrogen) atoms. The Morgan fingerprint density at radius 3 is 2.59 bits per heavy atom. The number of imide groups is 1. The number of fused-ring (bicyclic) bond motifs is 1. The van der Waals surface area contributed by atoms with E-state index in [1.807, 2.05) is 56.4 Å². The Bertz CT molecular complexity index is 1310. The minimum atomic E-state index is -0.661. The number of amides is 3. The molecule has 1 unspecified atom stereocenters. The van der Waals surface area contributed by atoms with Crippen LogP contribution in [0.5, 0.6) is 5.75 Å². The van der Waals surface area contributed by atoms with Crippen LogP contribution >= 0.6 is 0 Å². The topological polar surface area (TPSA) is 106 Å². The monoisotopic (exact) mass is 459 g/mol. The molecule has 2 aromatic carbocycles. The molecule has 5 rings (SSSR count). The van der Waals surface area contributed by atoms with E-state index in [0.29, 0.717) is 17.7 Å². The lowest BCUT2D eigenvalue weighted by molar-refractivity contribution is -0.136. The molecule has 0 saturated carbocycles. The number of rotatable bonds is 5. The number of methoxy groups -OCH3 is 1. The molecule has 174 valence electrons. The number of para-hydroxylation sites is 1. The van der Waals surface area contributed by atoms with Gasteiger partial charge in [0.15, 0.2) is 0 Å². The van der Waals surface area contributed by atoms with Crippen molar-refractivity contribution in [2.45, 2.75) is 44.8 Å². The highest BCUT2D eigenvalue weighted by atomic mass is 16.5. The second-order valence-corrected chi connectivity index (χ2v) is 9.04. The Kier molecular flexibility index (Phi) is 5.19. The lowest BCUT2D eigenvalue weighted by atomic mass is 9.93. The number of carbonyl (C=O) groups is 3. The van der Waals surface area contributed by atoms with Gasteiger partial charge < -0.3 is 9.64 Å². The summed E-state index contributed by atoms with van der Waals surface area (Å²) in [5, 5.41) is 11.2. The van der Waals surface area contributed by atoms with Crippen molar-refractivity contribution in [3.05, 3.63) is 65.4 Å². The van der Waals surface area contributed by atoms with Crippen molar-refractivity contribution in [2.24, 2.45) is 0 Å². The van der Waals surface area contributed by atoms with E-state index in [-0.39, 0.29) is 24.8 Å². The molecule has 1 fully saturated rings. The molecular weight excluding hydrogens is 434 g/mol. The molecule has 2 aliphatic heterocycles. The first-order chi connectivity index (χ1) is 16.3. The summed E-state index contributed by atoms with van der Waals surface area (Å²) in [6.07, 6.45) is 2.40. The van der Waals surface area contributed by atoms with Crippen LogP contribution in [0.4, 0.5) is 0 Å². The molecule has 1 aromatic heterocycles. The van der Waals surface area contributed by atoms with Crippen LogP contribution in [0.15, 0.2) is 48.7 Å². The highest BCUT2D eigenvalue weighted by molar-refractivity contribution is 6.06. The van der Waals surface area contributed by atoms with Crippen LogP contribution in [0, 0.1) is 0 Å². The van der Waals surface area contributed by atoms with Crippen LogP contribution in [-0.4, -0.2) is 50.8 Å². The average molecular weight is 460 g/mol. The minimum Gasteiger partial charge on any atom is -0.496 e. The van der Waals surface area contributed by atoms with E-state index in [9.17, 15) is 14.4 Å². The van der Waals surface area contributed by atoms with Gasteiger partial charge >= 0.3 is 0 Å². The summed E-state index contributed by atoms with van der Waals surface area (Å²) in [5.74, 6) is -0.187. The number of hydrogen-bond donors (Lipinski definition) is 1. The molecule has 0 bridgehead atoms. The van der Waals surface area contributed by atoms with E-state index >= 15 is 0 Å². The summed E-state index contributed by atoms with van der Waals surface area (Å²) in [6.45, 7) is 4.35. The standard InChI is InChI=1S/C25H25N5O4/c1-25(2,18-9-4-5-10-21(18)34-3)30-14-19(27-28-30)15-7-6-8-16-17(15)13-29(24(16)33)20-11-12-22(31)26-23(20)32/h4-10,14,20H,11-13H2,1-3H3,(H,26,31,32). The zero-order chi connectivity index (χ0) is 24.0. The van der Waals surface area contributed by atoms with Crippen LogP contribution in [0.2, 0.25) is 0 Å². The summed E-state index contributed by atoms with van der Waals surface area (Å²) in [5.41, 5.74) is 3.21. The summed E-state index contributed by atoms with van der Waals surface area (Å²) < 4.78 is 7.33. The van der Waals surface area contributed by atoms with Gasteiger partial charge in [-0.15, -0.1) is 5.10 Å². The molecule has 3 heterocycles. The number of piperidine rings is 1. The van der Waals surface area contributed by atoms with E-state index in [2.05, 4.69) is 15.6 Å². The molecule has 9 heteroatoms. The predicted molar refractivity (Wildman–Crippen MR) is 123 cm³/mol. The maximum absolute atomic E-state index is 13.1. The van der Waals surface area contributed by atoms with Gasteiger partial charge in [0.2, 0.25) is 11.8 Å². The fourth-order valence-corrected chi connectivity index (χ4v) is 4.76. The smallest absolute Gasteiger partial charge is 0.255 e. The summed E-state index contributed by atoms with van der Waals surface area (Å²) >= 11 is 0. The van der Waals surface area contributed by atoms with Gasteiger partial charge in [-0.05, 0) is 38.0 Å². The zero-order valence-corrected chi connectivity index (χ0v) is 19.2. The quantitative estimate of drug-likeness (QED) is 0.588. The number of aromatic nitrogens is 3. The lowest BCUT2D eigenvalue weighted by Crippen LogP contribution is -2.52. The maximum atomic E-state index is 13.1. The second kappa shape index (κ2) is 8.09. The molecule has 1 N–H and O–H groups in total. The Morgan fingerprint density at radius 2 is 1.82 bits per heavy atom. The molecule has 3 aromatic rings. The normalized spacial score (nSPS) is 18.1. The van der Waals surface area contributed by atoms with Gasteiger partial charge in [-0.2, -0.15) is 0 Å². The summed E-state index contributed by atoms with van der Waals surface area (Å²) in [6, 6.07) is 12.6. The third kappa shape index (κ3) is 3.44. The highest BCUT2D eigenvalue weighted by Crippen LogP contribution is 2.36. The number of nitrogens with zero attached hydrogens (tertiary/aromatic N) is 4. The fourth-order valence-electron chi connectivity index (χ4n) is 4.76. The largest absolute Gasteiger partial charge is 0.496 e. The average Bonchev–Trinajstić information content (AvgIpc) is 3.45. The Hall–Kier alpha value is -4.01. The number of carbonyl (C=O) groups excluding carboxylic acids is 3. The van der Waals surface area contributed by atoms with Gasteiger partial charge in [0.25, 0.3) is 5.91 Å². The molecule has 3 amide bonds. The van der Waals surface area contributed by atoms with Crippen molar-refractivity contribution in [1.29, 1.82) is 0 Å².